The molecule has 0 unspecified atom stereocenters. The molecule has 0 bridgehead atoms. The Balaban J connectivity index is 2.22. The predicted molar refractivity (Wildman–Crippen MR) is 73.4 cm³/mol. The summed E-state index contributed by atoms with van der Waals surface area (Å²) >= 11 is 0. The zero-order valence-electron chi connectivity index (χ0n) is 11.8. The van der Waals surface area contributed by atoms with Crippen LogP contribution >= 0.6 is 0 Å². The zero-order chi connectivity index (χ0) is 14.0. The van der Waals surface area contributed by atoms with Crippen molar-refractivity contribution in [1.29, 1.82) is 0 Å². The highest BCUT2D eigenvalue weighted by Crippen LogP contribution is 2.26. The number of carbonyl (C=O) groups excluding carboxylic acids is 1. The lowest BCUT2D eigenvalue weighted by Gasteiger charge is -2.42. The molecule has 0 saturated carbocycles. The number of hydrogen-bond acceptors (Lipinski definition) is 4. The maximum Gasteiger partial charge on any atom is 0.159 e. The predicted octanol–water partition coefficient (Wildman–Crippen LogP) is 2.21. The zero-order valence-corrected chi connectivity index (χ0v) is 11.8. The monoisotopic (exact) mass is 263 g/mol. The molecule has 0 atom stereocenters. The molecule has 4 nitrogen and oxygen atoms in total. The third kappa shape index (κ3) is 3.14. The standard InChI is InChI=1S/C15H21NO3/c1-11(17)12-4-5-14(18)13(8-12)9-16-6-7-19-10-15(16,2)3/h4-5,8,18H,6-7,9-10H2,1-3H3. The number of carbonyl (C=O) groups is 1. The van der Waals surface area contributed by atoms with Gasteiger partial charge < -0.3 is 9.84 Å². The number of aromatic hydroxyl groups is 1. The summed E-state index contributed by atoms with van der Waals surface area (Å²) in [6, 6.07) is 5.04. The summed E-state index contributed by atoms with van der Waals surface area (Å²) in [6.07, 6.45) is 0. The van der Waals surface area contributed by atoms with Crippen molar-refractivity contribution >= 4 is 5.78 Å². The average Bonchev–Trinajstić information content (AvgIpc) is 2.34. The fourth-order valence-corrected chi connectivity index (χ4v) is 2.32. The number of phenolic OH excluding ortho intramolecular Hbond substituents is 1. The van der Waals surface area contributed by atoms with E-state index in [0.29, 0.717) is 25.3 Å². The molecule has 4 heteroatoms. The Morgan fingerprint density at radius 1 is 1.47 bits per heavy atom. The highest BCUT2D eigenvalue weighted by Gasteiger charge is 2.30. The Morgan fingerprint density at radius 2 is 2.21 bits per heavy atom. The van der Waals surface area contributed by atoms with Gasteiger partial charge in [-0.2, -0.15) is 0 Å². The summed E-state index contributed by atoms with van der Waals surface area (Å²) in [6.45, 7) is 8.63. The lowest BCUT2D eigenvalue weighted by Crippen LogP contribution is -2.52. The van der Waals surface area contributed by atoms with Crippen molar-refractivity contribution in [3.8, 4) is 5.75 Å². The Hall–Kier alpha value is -1.39. The number of morpholine rings is 1. The van der Waals surface area contributed by atoms with E-state index < -0.39 is 0 Å². The first-order valence-electron chi connectivity index (χ1n) is 6.56. The van der Waals surface area contributed by atoms with Crippen LogP contribution in [0.4, 0.5) is 0 Å². The van der Waals surface area contributed by atoms with Crippen LogP contribution < -0.4 is 0 Å². The van der Waals surface area contributed by atoms with Gasteiger partial charge in [0.2, 0.25) is 0 Å². The second-order valence-electron chi connectivity index (χ2n) is 5.69. The first-order chi connectivity index (χ1) is 8.90. The van der Waals surface area contributed by atoms with Gasteiger partial charge in [0, 0.05) is 29.8 Å². The van der Waals surface area contributed by atoms with Crippen LogP contribution in [0, 0.1) is 0 Å². The number of phenols is 1. The molecule has 0 aliphatic carbocycles. The van der Waals surface area contributed by atoms with Gasteiger partial charge >= 0.3 is 0 Å². The van der Waals surface area contributed by atoms with Crippen molar-refractivity contribution in [1.82, 2.24) is 4.90 Å². The van der Waals surface area contributed by atoms with Crippen LogP contribution in [0.5, 0.6) is 5.75 Å². The van der Waals surface area contributed by atoms with Crippen molar-refractivity contribution in [2.45, 2.75) is 32.9 Å². The first-order valence-corrected chi connectivity index (χ1v) is 6.56. The molecule has 1 aliphatic rings. The molecule has 104 valence electrons. The summed E-state index contributed by atoms with van der Waals surface area (Å²) in [5.74, 6) is 0.259. The van der Waals surface area contributed by atoms with Crippen LogP contribution in [-0.4, -0.2) is 41.1 Å². The van der Waals surface area contributed by atoms with Crippen LogP contribution in [0.2, 0.25) is 0 Å². The number of ketones is 1. The van der Waals surface area contributed by atoms with Gasteiger partial charge in [-0.1, -0.05) is 0 Å². The van der Waals surface area contributed by atoms with Gasteiger partial charge in [-0.05, 0) is 39.0 Å². The van der Waals surface area contributed by atoms with E-state index in [4.69, 9.17) is 4.74 Å². The molecule has 0 amide bonds. The number of benzene rings is 1. The van der Waals surface area contributed by atoms with Crippen LogP contribution in [0.1, 0.15) is 36.7 Å². The minimum absolute atomic E-state index is 0.0162. The van der Waals surface area contributed by atoms with Crippen molar-refractivity contribution in [2.24, 2.45) is 0 Å². The fraction of sp³-hybridized carbons (Fsp3) is 0.533. The summed E-state index contributed by atoms with van der Waals surface area (Å²) in [5, 5.41) is 9.95. The smallest absolute Gasteiger partial charge is 0.159 e. The molecule has 1 heterocycles. The number of ether oxygens (including phenoxy) is 1. The lowest BCUT2D eigenvalue weighted by molar-refractivity contribution is -0.0555. The van der Waals surface area contributed by atoms with E-state index in [9.17, 15) is 9.90 Å². The van der Waals surface area contributed by atoms with Gasteiger partial charge in [0.15, 0.2) is 5.78 Å². The minimum atomic E-state index is -0.0586. The van der Waals surface area contributed by atoms with Crippen molar-refractivity contribution in [3.05, 3.63) is 29.3 Å². The van der Waals surface area contributed by atoms with E-state index in [1.807, 2.05) is 0 Å². The van der Waals surface area contributed by atoms with Crippen LogP contribution in [0.3, 0.4) is 0 Å². The van der Waals surface area contributed by atoms with Crippen LogP contribution in [0.25, 0.3) is 0 Å². The quantitative estimate of drug-likeness (QED) is 0.849. The summed E-state index contributed by atoms with van der Waals surface area (Å²) < 4.78 is 5.49. The Bertz CT molecular complexity index is 482. The number of rotatable bonds is 3. The molecule has 1 aromatic carbocycles. The topological polar surface area (TPSA) is 49.8 Å². The van der Waals surface area contributed by atoms with Gasteiger partial charge in [0.05, 0.1) is 13.2 Å². The third-order valence-electron chi connectivity index (χ3n) is 3.66. The molecule has 1 fully saturated rings. The molecule has 1 aliphatic heterocycles. The van der Waals surface area contributed by atoms with E-state index in [1.54, 1.807) is 18.2 Å². The molecular formula is C15H21NO3. The number of hydrogen-bond donors (Lipinski definition) is 1. The molecule has 1 N–H and O–H groups in total. The number of Topliss-reactive ketones (excluding diaryl/α,β-unsaturated/α-hetero) is 1. The normalized spacial score (nSPS) is 19.3. The largest absolute Gasteiger partial charge is 0.508 e. The van der Waals surface area contributed by atoms with Crippen molar-refractivity contribution in [3.63, 3.8) is 0 Å². The molecule has 19 heavy (non-hydrogen) atoms. The van der Waals surface area contributed by atoms with E-state index >= 15 is 0 Å². The molecule has 0 radical (unpaired) electrons. The Kier molecular flexibility index (Phi) is 3.92. The van der Waals surface area contributed by atoms with E-state index in [2.05, 4.69) is 18.7 Å². The second kappa shape index (κ2) is 5.31. The Morgan fingerprint density at radius 3 is 2.84 bits per heavy atom. The SMILES string of the molecule is CC(=O)c1ccc(O)c(CN2CCOCC2(C)C)c1. The third-order valence-corrected chi connectivity index (χ3v) is 3.66. The maximum absolute atomic E-state index is 11.4. The van der Waals surface area contributed by atoms with Crippen molar-refractivity contribution < 1.29 is 14.6 Å². The molecular weight excluding hydrogens is 242 g/mol. The lowest BCUT2D eigenvalue weighted by atomic mass is 10.00. The van der Waals surface area contributed by atoms with Crippen LogP contribution in [-0.2, 0) is 11.3 Å². The van der Waals surface area contributed by atoms with Gasteiger partial charge in [0.25, 0.3) is 0 Å². The van der Waals surface area contributed by atoms with Gasteiger partial charge in [-0.25, -0.2) is 0 Å². The van der Waals surface area contributed by atoms with E-state index in [-0.39, 0.29) is 17.1 Å². The number of nitrogens with zero attached hydrogens (tertiary/aromatic N) is 1. The van der Waals surface area contributed by atoms with E-state index in [0.717, 1.165) is 12.1 Å². The summed E-state index contributed by atoms with van der Waals surface area (Å²) in [5.41, 5.74) is 1.37. The van der Waals surface area contributed by atoms with Crippen molar-refractivity contribution in [2.75, 3.05) is 19.8 Å². The molecule has 1 aromatic rings. The average molecular weight is 263 g/mol. The highest BCUT2D eigenvalue weighted by molar-refractivity contribution is 5.94. The highest BCUT2D eigenvalue weighted by atomic mass is 16.5. The summed E-state index contributed by atoms with van der Waals surface area (Å²) in [7, 11) is 0. The molecule has 0 aromatic heterocycles. The van der Waals surface area contributed by atoms with Crippen LogP contribution in [0.15, 0.2) is 18.2 Å². The Labute approximate surface area is 114 Å². The molecule has 2 rings (SSSR count). The van der Waals surface area contributed by atoms with E-state index in [1.165, 1.54) is 6.92 Å². The fourth-order valence-electron chi connectivity index (χ4n) is 2.32. The molecule has 0 spiro atoms. The van der Waals surface area contributed by atoms with Gasteiger partial charge in [0.1, 0.15) is 5.75 Å². The van der Waals surface area contributed by atoms with Gasteiger partial charge in [-0.15, -0.1) is 0 Å². The second-order valence-corrected chi connectivity index (χ2v) is 5.69. The first kappa shape index (κ1) is 14.0. The maximum atomic E-state index is 11.4. The minimum Gasteiger partial charge on any atom is -0.508 e. The van der Waals surface area contributed by atoms with Gasteiger partial charge in [-0.3, -0.25) is 9.69 Å². The summed E-state index contributed by atoms with van der Waals surface area (Å²) in [4.78, 5) is 13.7. The molecule has 1 saturated heterocycles.